The molecule has 0 spiro atoms. The molecule has 0 aromatic heterocycles. The van der Waals surface area contributed by atoms with Crippen LogP contribution in [0.3, 0.4) is 0 Å². The molecule has 2 fully saturated rings. The summed E-state index contributed by atoms with van der Waals surface area (Å²) in [6.07, 6.45) is 4.16. The molecule has 2 aliphatic heterocycles. The molecule has 31 heavy (non-hydrogen) atoms. The number of rotatable bonds is 6. The molecule has 2 heterocycles. The van der Waals surface area contributed by atoms with Crippen molar-refractivity contribution in [2.24, 2.45) is 5.92 Å². The Balaban J connectivity index is 1.33. The lowest BCUT2D eigenvalue weighted by molar-refractivity contribution is -0.128. The number of benzene rings is 2. The van der Waals surface area contributed by atoms with Crippen molar-refractivity contribution in [2.45, 2.75) is 52.1 Å². The molecule has 1 N–H and O–H groups in total. The van der Waals surface area contributed by atoms with Crippen molar-refractivity contribution in [3.63, 3.8) is 0 Å². The number of carbonyl (C=O) groups is 2. The van der Waals surface area contributed by atoms with E-state index in [2.05, 4.69) is 41.4 Å². The summed E-state index contributed by atoms with van der Waals surface area (Å²) in [5.41, 5.74) is 4.07. The van der Waals surface area contributed by atoms with Crippen LogP contribution in [-0.4, -0.2) is 36.3 Å². The maximum absolute atomic E-state index is 12.7. The van der Waals surface area contributed by atoms with Gasteiger partial charge in [0.25, 0.3) is 5.91 Å². The second-order valence-electron chi connectivity index (χ2n) is 9.10. The minimum atomic E-state index is -0.0785. The predicted octanol–water partition coefficient (Wildman–Crippen LogP) is 4.54. The topological polar surface area (TPSA) is 52.7 Å². The highest BCUT2D eigenvalue weighted by Gasteiger charge is 2.20. The largest absolute Gasteiger partial charge is 0.371 e. The first-order chi connectivity index (χ1) is 15.0. The molecule has 0 unspecified atom stereocenters. The van der Waals surface area contributed by atoms with E-state index in [9.17, 15) is 9.59 Å². The van der Waals surface area contributed by atoms with Gasteiger partial charge in [-0.25, -0.2) is 0 Å². The zero-order valence-corrected chi connectivity index (χ0v) is 18.6. The van der Waals surface area contributed by atoms with Crippen molar-refractivity contribution in [3.05, 3.63) is 65.2 Å². The summed E-state index contributed by atoms with van der Waals surface area (Å²) < 4.78 is 0. The average molecular weight is 420 g/mol. The highest BCUT2D eigenvalue weighted by Crippen LogP contribution is 2.25. The fourth-order valence-corrected chi connectivity index (χ4v) is 4.61. The third kappa shape index (κ3) is 5.27. The number of anilines is 1. The summed E-state index contributed by atoms with van der Waals surface area (Å²) in [4.78, 5) is 28.8. The first-order valence-corrected chi connectivity index (χ1v) is 11.5. The van der Waals surface area contributed by atoms with Crippen molar-refractivity contribution >= 4 is 17.5 Å². The Kier molecular flexibility index (Phi) is 6.59. The Morgan fingerprint density at radius 3 is 2.45 bits per heavy atom. The molecule has 2 amide bonds. The normalized spacial score (nSPS) is 20.1. The molecular formula is C26H33N3O2. The van der Waals surface area contributed by atoms with Crippen LogP contribution in [0.1, 0.15) is 67.1 Å². The zero-order chi connectivity index (χ0) is 21.8. The average Bonchev–Trinajstić information content (AvgIpc) is 3.18. The fraction of sp³-hybridized carbons (Fsp3) is 0.462. The molecule has 5 nitrogen and oxygen atoms in total. The number of nitrogens with one attached hydrogen (secondary N) is 1. The van der Waals surface area contributed by atoms with Crippen LogP contribution in [0.2, 0.25) is 0 Å². The highest BCUT2D eigenvalue weighted by molar-refractivity contribution is 5.94. The summed E-state index contributed by atoms with van der Waals surface area (Å²) in [7, 11) is 0. The SMILES string of the molecule is C[C@@H]1CCCN(c2ccc([C@H](C)NC(=O)c3ccc(CN4CCCC4=O)cc3)cc2)C1. The van der Waals surface area contributed by atoms with Crippen molar-refractivity contribution in [1.29, 1.82) is 0 Å². The Morgan fingerprint density at radius 2 is 1.81 bits per heavy atom. The van der Waals surface area contributed by atoms with E-state index < -0.39 is 0 Å². The number of hydrogen-bond acceptors (Lipinski definition) is 3. The second-order valence-corrected chi connectivity index (χ2v) is 9.10. The Bertz CT molecular complexity index is 907. The van der Waals surface area contributed by atoms with Crippen LogP contribution in [0.4, 0.5) is 5.69 Å². The van der Waals surface area contributed by atoms with Gasteiger partial charge in [0.05, 0.1) is 6.04 Å². The summed E-state index contributed by atoms with van der Waals surface area (Å²) in [5, 5.41) is 3.10. The number of piperidine rings is 1. The summed E-state index contributed by atoms with van der Waals surface area (Å²) >= 11 is 0. The molecule has 0 aliphatic carbocycles. The molecule has 5 heteroatoms. The molecule has 0 radical (unpaired) electrons. The van der Waals surface area contributed by atoms with E-state index in [-0.39, 0.29) is 17.9 Å². The smallest absolute Gasteiger partial charge is 0.251 e. The third-order valence-electron chi connectivity index (χ3n) is 6.52. The van der Waals surface area contributed by atoms with E-state index in [1.807, 2.05) is 36.1 Å². The van der Waals surface area contributed by atoms with E-state index in [0.29, 0.717) is 18.5 Å². The first kappa shape index (κ1) is 21.4. The maximum atomic E-state index is 12.7. The molecule has 0 bridgehead atoms. The number of carbonyl (C=O) groups excluding carboxylic acids is 2. The highest BCUT2D eigenvalue weighted by atomic mass is 16.2. The van der Waals surface area contributed by atoms with Crippen molar-refractivity contribution in [3.8, 4) is 0 Å². The number of hydrogen-bond donors (Lipinski definition) is 1. The molecule has 2 aromatic carbocycles. The Hall–Kier alpha value is -2.82. The van der Waals surface area contributed by atoms with Gasteiger partial charge in [0.1, 0.15) is 0 Å². The maximum Gasteiger partial charge on any atom is 0.251 e. The molecule has 2 atom stereocenters. The van der Waals surface area contributed by atoms with Gasteiger partial charge in [0.2, 0.25) is 5.91 Å². The molecule has 0 saturated carbocycles. The van der Waals surface area contributed by atoms with E-state index in [1.165, 1.54) is 18.5 Å². The van der Waals surface area contributed by atoms with Gasteiger partial charge in [-0.1, -0.05) is 31.2 Å². The summed E-state index contributed by atoms with van der Waals surface area (Å²) in [5.74, 6) is 0.885. The lowest BCUT2D eigenvalue weighted by Gasteiger charge is -2.33. The first-order valence-electron chi connectivity index (χ1n) is 11.5. The molecule has 2 aromatic rings. The van der Waals surface area contributed by atoms with Crippen molar-refractivity contribution < 1.29 is 9.59 Å². The van der Waals surface area contributed by atoms with Crippen LogP contribution < -0.4 is 10.2 Å². The van der Waals surface area contributed by atoms with Crippen LogP contribution >= 0.6 is 0 Å². The van der Waals surface area contributed by atoms with Gasteiger partial charge in [0, 0.05) is 43.9 Å². The lowest BCUT2D eigenvalue weighted by Crippen LogP contribution is -2.34. The van der Waals surface area contributed by atoms with Gasteiger partial charge in [-0.2, -0.15) is 0 Å². The van der Waals surface area contributed by atoms with Gasteiger partial charge in [-0.3, -0.25) is 9.59 Å². The minimum Gasteiger partial charge on any atom is -0.371 e. The molecule has 164 valence electrons. The van der Waals surface area contributed by atoms with Gasteiger partial charge < -0.3 is 15.1 Å². The van der Waals surface area contributed by atoms with Gasteiger partial charge in [-0.05, 0) is 67.5 Å². The predicted molar refractivity (Wildman–Crippen MR) is 124 cm³/mol. The van der Waals surface area contributed by atoms with Crippen LogP contribution in [0.5, 0.6) is 0 Å². The minimum absolute atomic E-state index is 0.0660. The number of likely N-dealkylation sites (tertiary alicyclic amines) is 1. The van der Waals surface area contributed by atoms with E-state index in [1.54, 1.807) is 0 Å². The summed E-state index contributed by atoms with van der Waals surface area (Å²) in [6, 6.07) is 16.1. The van der Waals surface area contributed by atoms with Crippen LogP contribution in [-0.2, 0) is 11.3 Å². The molecule has 4 rings (SSSR count). The zero-order valence-electron chi connectivity index (χ0n) is 18.6. The van der Waals surface area contributed by atoms with E-state index in [4.69, 9.17) is 0 Å². The Labute approximate surface area is 185 Å². The number of amides is 2. The number of nitrogens with zero attached hydrogens (tertiary/aromatic N) is 2. The van der Waals surface area contributed by atoms with Gasteiger partial charge in [-0.15, -0.1) is 0 Å². The Morgan fingerprint density at radius 1 is 1.06 bits per heavy atom. The monoisotopic (exact) mass is 419 g/mol. The summed E-state index contributed by atoms with van der Waals surface area (Å²) in [6.45, 7) is 8.03. The fourth-order valence-electron chi connectivity index (χ4n) is 4.61. The van der Waals surface area contributed by atoms with Crippen LogP contribution in [0.15, 0.2) is 48.5 Å². The quantitative estimate of drug-likeness (QED) is 0.748. The molecule has 2 saturated heterocycles. The van der Waals surface area contributed by atoms with Crippen LogP contribution in [0.25, 0.3) is 0 Å². The van der Waals surface area contributed by atoms with Gasteiger partial charge >= 0.3 is 0 Å². The lowest BCUT2D eigenvalue weighted by atomic mass is 9.99. The molecular weight excluding hydrogens is 386 g/mol. The van der Waals surface area contributed by atoms with Crippen molar-refractivity contribution in [2.75, 3.05) is 24.5 Å². The third-order valence-corrected chi connectivity index (χ3v) is 6.52. The van der Waals surface area contributed by atoms with Crippen LogP contribution in [0, 0.1) is 5.92 Å². The standard InChI is InChI=1S/C26H33N3O2/c1-19-5-3-15-28(17-19)24-13-11-22(12-14-24)20(2)27-26(31)23-9-7-21(8-10-23)18-29-16-4-6-25(29)30/h7-14,19-20H,3-6,15-18H2,1-2H3,(H,27,31)/t19-,20+/m1/s1. The van der Waals surface area contributed by atoms with Crippen molar-refractivity contribution in [1.82, 2.24) is 10.2 Å². The second kappa shape index (κ2) is 9.54. The molecule has 2 aliphatic rings. The van der Waals surface area contributed by atoms with Gasteiger partial charge in [0.15, 0.2) is 0 Å². The van der Waals surface area contributed by atoms with E-state index >= 15 is 0 Å². The van der Waals surface area contributed by atoms with E-state index in [0.717, 1.165) is 43.1 Å².